The zero-order valence-electron chi connectivity index (χ0n) is 16.7. The average Bonchev–Trinajstić information content (AvgIpc) is 2.66. The molecule has 2 N–H and O–H groups in total. The quantitative estimate of drug-likeness (QED) is 0.633. The topological polar surface area (TPSA) is 76.7 Å². The van der Waals surface area contributed by atoms with E-state index in [1.807, 2.05) is 32.9 Å². The van der Waals surface area contributed by atoms with Crippen LogP contribution >= 0.6 is 0 Å². The van der Waals surface area contributed by atoms with E-state index in [0.717, 1.165) is 12.2 Å². The Balaban J connectivity index is 1.77. The molecule has 0 aliphatic rings. The lowest BCUT2D eigenvalue weighted by molar-refractivity contribution is -0.118. The monoisotopic (exact) mass is 384 g/mol. The molecule has 0 atom stereocenters. The Labute approximate surface area is 166 Å². The first-order valence-corrected chi connectivity index (χ1v) is 9.51. The Morgan fingerprint density at radius 3 is 1.82 bits per heavy atom. The maximum atomic E-state index is 12.0. The van der Waals surface area contributed by atoms with Crippen molar-refractivity contribution in [2.24, 2.45) is 5.92 Å². The summed E-state index contributed by atoms with van der Waals surface area (Å²) in [4.78, 5) is 23.8. The summed E-state index contributed by atoms with van der Waals surface area (Å²) >= 11 is 0. The third-order valence-electron chi connectivity index (χ3n) is 3.71. The average molecular weight is 384 g/mol. The molecule has 150 valence electrons. The Kier molecular flexibility index (Phi) is 8.34. The summed E-state index contributed by atoms with van der Waals surface area (Å²) in [7, 11) is 0. The second-order valence-corrected chi connectivity index (χ2v) is 6.88. The molecule has 0 aromatic heterocycles. The summed E-state index contributed by atoms with van der Waals surface area (Å²) in [6, 6.07) is 14.2. The van der Waals surface area contributed by atoms with Gasteiger partial charge in [0.05, 0.1) is 6.61 Å². The molecule has 0 saturated heterocycles. The minimum Gasteiger partial charge on any atom is -0.494 e. The van der Waals surface area contributed by atoms with Gasteiger partial charge in [0.2, 0.25) is 5.91 Å². The van der Waals surface area contributed by atoms with Gasteiger partial charge in [-0.05, 0) is 60.9 Å². The van der Waals surface area contributed by atoms with Gasteiger partial charge in [0.25, 0.3) is 5.91 Å². The third-order valence-corrected chi connectivity index (χ3v) is 3.71. The summed E-state index contributed by atoms with van der Waals surface area (Å²) in [5.41, 5.74) is 1.34. The van der Waals surface area contributed by atoms with Gasteiger partial charge in [-0.1, -0.05) is 20.8 Å². The Bertz CT molecular complexity index is 755. The van der Waals surface area contributed by atoms with Crippen molar-refractivity contribution in [3.63, 3.8) is 0 Å². The van der Waals surface area contributed by atoms with E-state index < -0.39 is 0 Å². The fourth-order valence-electron chi connectivity index (χ4n) is 2.42. The van der Waals surface area contributed by atoms with Crippen LogP contribution in [-0.4, -0.2) is 25.0 Å². The fourth-order valence-corrected chi connectivity index (χ4v) is 2.42. The summed E-state index contributed by atoms with van der Waals surface area (Å²) in [6.07, 6.45) is 1.42. The summed E-state index contributed by atoms with van der Waals surface area (Å²) in [6.45, 7) is 6.61. The van der Waals surface area contributed by atoms with Gasteiger partial charge >= 0.3 is 0 Å². The van der Waals surface area contributed by atoms with Gasteiger partial charge < -0.3 is 20.1 Å². The van der Waals surface area contributed by atoms with Crippen molar-refractivity contribution < 1.29 is 19.1 Å². The predicted molar refractivity (Wildman–Crippen MR) is 111 cm³/mol. The first-order valence-electron chi connectivity index (χ1n) is 9.51. The first kappa shape index (κ1) is 21.3. The Morgan fingerprint density at radius 2 is 1.32 bits per heavy atom. The minimum atomic E-state index is -0.261. The lowest BCUT2D eigenvalue weighted by atomic mass is 10.1. The summed E-state index contributed by atoms with van der Waals surface area (Å²) < 4.78 is 11.0. The van der Waals surface area contributed by atoms with Crippen LogP contribution in [-0.2, 0) is 9.59 Å². The minimum absolute atomic E-state index is 0.0219. The molecule has 2 amide bonds. The molecule has 0 radical (unpaired) electrons. The number of hydrogen-bond donors (Lipinski definition) is 2. The standard InChI is InChI=1S/C22H28N2O4/c1-4-13-27-19-9-11-20(12-10-19)28-15-22(26)24-18-7-5-17(6-8-18)23-21(25)14-16(2)3/h5-12,16H,4,13-15H2,1-3H3,(H,23,25)(H,24,26). The number of carbonyl (C=O) groups is 2. The Morgan fingerprint density at radius 1 is 0.821 bits per heavy atom. The van der Waals surface area contributed by atoms with Gasteiger partial charge in [-0.2, -0.15) is 0 Å². The van der Waals surface area contributed by atoms with E-state index in [2.05, 4.69) is 10.6 Å². The van der Waals surface area contributed by atoms with Gasteiger partial charge in [-0.3, -0.25) is 9.59 Å². The van der Waals surface area contributed by atoms with Crippen molar-refractivity contribution in [3.05, 3.63) is 48.5 Å². The number of anilines is 2. The third kappa shape index (κ3) is 7.70. The molecule has 2 rings (SSSR count). The van der Waals surface area contributed by atoms with E-state index in [0.29, 0.717) is 36.1 Å². The second-order valence-electron chi connectivity index (χ2n) is 6.88. The van der Waals surface area contributed by atoms with Crippen molar-refractivity contribution in [3.8, 4) is 11.5 Å². The molecule has 2 aromatic carbocycles. The summed E-state index contributed by atoms with van der Waals surface area (Å²) in [5, 5.41) is 5.59. The van der Waals surface area contributed by atoms with Crippen LogP contribution in [0.4, 0.5) is 11.4 Å². The van der Waals surface area contributed by atoms with E-state index in [1.54, 1.807) is 36.4 Å². The molecule has 0 aliphatic heterocycles. The number of carbonyl (C=O) groups excluding carboxylic acids is 2. The maximum Gasteiger partial charge on any atom is 0.262 e. The molecule has 0 fully saturated rings. The van der Waals surface area contributed by atoms with Gasteiger partial charge in [-0.25, -0.2) is 0 Å². The molecule has 6 heteroatoms. The van der Waals surface area contributed by atoms with Crippen LogP contribution in [0, 0.1) is 5.92 Å². The molecule has 0 spiro atoms. The van der Waals surface area contributed by atoms with Crippen molar-refractivity contribution in [1.82, 2.24) is 0 Å². The van der Waals surface area contributed by atoms with E-state index in [-0.39, 0.29) is 18.4 Å². The second kappa shape index (κ2) is 11.0. The molecular weight excluding hydrogens is 356 g/mol. The molecule has 0 aliphatic carbocycles. The van der Waals surface area contributed by atoms with Crippen molar-refractivity contribution >= 4 is 23.2 Å². The highest BCUT2D eigenvalue weighted by atomic mass is 16.5. The Hall–Kier alpha value is -3.02. The number of hydrogen-bond acceptors (Lipinski definition) is 4. The van der Waals surface area contributed by atoms with Gasteiger partial charge in [0.15, 0.2) is 6.61 Å². The normalized spacial score (nSPS) is 10.4. The highest BCUT2D eigenvalue weighted by Gasteiger charge is 2.07. The van der Waals surface area contributed by atoms with Gasteiger partial charge in [-0.15, -0.1) is 0 Å². The van der Waals surface area contributed by atoms with Crippen LogP contribution in [0.2, 0.25) is 0 Å². The molecule has 6 nitrogen and oxygen atoms in total. The van der Waals surface area contributed by atoms with Crippen LogP contribution in [0.1, 0.15) is 33.6 Å². The van der Waals surface area contributed by atoms with Crippen molar-refractivity contribution in [1.29, 1.82) is 0 Å². The van der Waals surface area contributed by atoms with Crippen LogP contribution in [0.5, 0.6) is 11.5 Å². The SMILES string of the molecule is CCCOc1ccc(OCC(=O)Nc2ccc(NC(=O)CC(C)C)cc2)cc1. The number of nitrogens with one attached hydrogen (secondary N) is 2. The highest BCUT2D eigenvalue weighted by Crippen LogP contribution is 2.18. The van der Waals surface area contributed by atoms with E-state index in [4.69, 9.17) is 9.47 Å². The maximum absolute atomic E-state index is 12.0. The fraction of sp³-hybridized carbons (Fsp3) is 0.364. The zero-order valence-corrected chi connectivity index (χ0v) is 16.7. The van der Waals surface area contributed by atoms with E-state index >= 15 is 0 Å². The molecule has 28 heavy (non-hydrogen) atoms. The van der Waals surface area contributed by atoms with Crippen LogP contribution < -0.4 is 20.1 Å². The number of amides is 2. The van der Waals surface area contributed by atoms with Crippen molar-refractivity contribution in [2.45, 2.75) is 33.6 Å². The molecule has 0 bridgehead atoms. The molecule has 0 unspecified atom stereocenters. The predicted octanol–water partition coefficient (Wildman–Crippen LogP) is 4.48. The number of ether oxygens (including phenoxy) is 2. The lowest BCUT2D eigenvalue weighted by Gasteiger charge is -2.10. The van der Waals surface area contributed by atoms with Gasteiger partial charge in [0.1, 0.15) is 11.5 Å². The molecule has 0 heterocycles. The smallest absolute Gasteiger partial charge is 0.262 e. The number of benzene rings is 2. The molecule has 2 aromatic rings. The first-order chi connectivity index (χ1) is 13.5. The highest BCUT2D eigenvalue weighted by molar-refractivity contribution is 5.93. The van der Waals surface area contributed by atoms with E-state index in [9.17, 15) is 9.59 Å². The number of rotatable bonds is 10. The van der Waals surface area contributed by atoms with Crippen LogP contribution in [0.15, 0.2) is 48.5 Å². The molecular formula is C22H28N2O4. The summed E-state index contributed by atoms with van der Waals surface area (Å²) in [5.74, 6) is 1.40. The van der Waals surface area contributed by atoms with Crippen molar-refractivity contribution in [2.75, 3.05) is 23.8 Å². The zero-order chi connectivity index (χ0) is 20.4. The van der Waals surface area contributed by atoms with E-state index in [1.165, 1.54) is 0 Å². The molecule has 0 saturated carbocycles. The lowest BCUT2D eigenvalue weighted by Crippen LogP contribution is -2.20. The van der Waals surface area contributed by atoms with Gasteiger partial charge in [0, 0.05) is 17.8 Å². The van der Waals surface area contributed by atoms with Crippen LogP contribution in [0.3, 0.4) is 0 Å². The largest absolute Gasteiger partial charge is 0.494 e. The van der Waals surface area contributed by atoms with Crippen LogP contribution in [0.25, 0.3) is 0 Å².